The van der Waals surface area contributed by atoms with Gasteiger partial charge in [-0.1, -0.05) is 171 Å². The van der Waals surface area contributed by atoms with E-state index in [9.17, 15) is 0 Å². The molecule has 65 heavy (non-hydrogen) atoms. The summed E-state index contributed by atoms with van der Waals surface area (Å²) in [6, 6.07) is 42.8. The van der Waals surface area contributed by atoms with Gasteiger partial charge in [-0.3, -0.25) is 0 Å². The average Bonchev–Trinajstić information content (AvgIpc) is 3.62. The van der Waals surface area contributed by atoms with Crippen molar-refractivity contribution in [3.8, 4) is 11.1 Å². The summed E-state index contributed by atoms with van der Waals surface area (Å²) >= 11 is 0. The van der Waals surface area contributed by atoms with E-state index >= 15 is 0 Å². The molecule has 0 spiro atoms. The zero-order chi connectivity index (χ0) is 46.1. The molecular weight excluding hydrogens is 787 g/mol. The monoisotopic (exact) mass is 855 g/mol. The van der Waals surface area contributed by atoms with Gasteiger partial charge in [0.1, 0.15) is 5.58 Å². The van der Waals surface area contributed by atoms with E-state index in [-0.39, 0.29) is 39.2 Å². The Bertz CT molecular complexity index is 3140. The summed E-state index contributed by atoms with van der Waals surface area (Å²) in [4.78, 5) is 5.34. The molecular formula is C61H67BN2O. The van der Waals surface area contributed by atoms with Gasteiger partial charge >= 0.3 is 0 Å². The molecule has 3 aliphatic heterocycles. The number of nitrogens with zero attached hydrogens (tertiary/aromatic N) is 2. The molecule has 1 unspecified atom stereocenters. The molecule has 4 aliphatic rings. The Labute approximate surface area is 389 Å². The highest BCUT2D eigenvalue weighted by Gasteiger charge is 2.55. The second-order valence-corrected chi connectivity index (χ2v) is 25.0. The van der Waals surface area contributed by atoms with Crippen molar-refractivity contribution in [1.29, 1.82) is 0 Å². The highest BCUT2D eigenvalue weighted by Crippen LogP contribution is 2.61. The number of rotatable bonds is 2. The first kappa shape index (κ1) is 42.2. The quantitative estimate of drug-likeness (QED) is 0.162. The van der Waals surface area contributed by atoms with E-state index in [0.717, 1.165) is 29.8 Å². The van der Waals surface area contributed by atoms with E-state index in [1.165, 1.54) is 94.8 Å². The molecule has 4 heteroatoms. The van der Waals surface area contributed by atoms with Crippen LogP contribution in [0.15, 0.2) is 114 Å². The van der Waals surface area contributed by atoms with E-state index < -0.39 is 0 Å². The molecule has 0 bridgehead atoms. The number of hydrogen-bond acceptors (Lipinski definition) is 3. The molecule has 0 amide bonds. The zero-order valence-corrected chi connectivity index (χ0v) is 41.7. The molecule has 1 aliphatic carbocycles. The molecule has 3 nitrogen and oxygen atoms in total. The maximum Gasteiger partial charge on any atom is 0.297 e. The van der Waals surface area contributed by atoms with Gasteiger partial charge in [-0.25, -0.2) is 0 Å². The lowest BCUT2D eigenvalue weighted by molar-refractivity contribution is 0.348. The molecule has 11 rings (SSSR count). The van der Waals surface area contributed by atoms with Crippen molar-refractivity contribution in [1.82, 2.24) is 0 Å². The number of hydrogen-bond donors (Lipinski definition) is 0. The van der Waals surface area contributed by atoms with Crippen molar-refractivity contribution in [3.05, 3.63) is 148 Å². The van der Waals surface area contributed by atoms with E-state index in [0.29, 0.717) is 0 Å². The van der Waals surface area contributed by atoms with Gasteiger partial charge < -0.3 is 14.2 Å². The number of benzene rings is 6. The molecule has 0 saturated heterocycles. The molecule has 7 aromatic rings. The van der Waals surface area contributed by atoms with Crippen LogP contribution in [0.5, 0.6) is 0 Å². The molecule has 330 valence electrons. The first-order chi connectivity index (χ1) is 30.4. The third kappa shape index (κ3) is 6.07. The van der Waals surface area contributed by atoms with E-state index in [1.807, 2.05) is 0 Å². The molecule has 4 heterocycles. The summed E-state index contributed by atoms with van der Waals surface area (Å²) in [6.07, 6.45) is 2.25. The van der Waals surface area contributed by atoms with E-state index in [4.69, 9.17) is 4.42 Å². The van der Waals surface area contributed by atoms with Gasteiger partial charge in [-0.15, -0.1) is 0 Å². The highest BCUT2D eigenvalue weighted by molar-refractivity contribution is 7.00. The Morgan fingerprint density at radius 3 is 1.71 bits per heavy atom. The predicted octanol–water partition coefficient (Wildman–Crippen LogP) is 15.1. The van der Waals surface area contributed by atoms with Crippen LogP contribution in [0.2, 0.25) is 0 Å². The first-order valence-corrected chi connectivity index (χ1v) is 24.3. The Morgan fingerprint density at radius 2 is 1.08 bits per heavy atom. The molecule has 0 N–H and O–H groups in total. The Kier molecular flexibility index (Phi) is 8.65. The Balaban J connectivity index is 1.32. The predicted molar refractivity (Wildman–Crippen MR) is 279 cm³/mol. The lowest BCUT2D eigenvalue weighted by Crippen LogP contribution is -2.62. The summed E-state index contributed by atoms with van der Waals surface area (Å²) in [6.45, 7) is 35.6. The third-order valence-corrected chi connectivity index (χ3v) is 16.0. The fraction of sp³-hybridized carbons (Fsp3) is 0.377. The van der Waals surface area contributed by atoms with Crippen LogP contribution in [0, 0.1) is 0 Å². The lowest BCUT2D eigenvalue weighted by Gasteiger charge is -2.54. The standard InChI is InChI=1S/C61H67BN2O/c1-56(2,3)37-21-26-46(41(31-37)36-19-17-16-18-20-36)63-48-34-40(59(10,11)12)35-49-52(48)62(55-53(63)42-32-38(57(4,5)6)23-28-50(42)65-55)45-25-24-43-51-54(45)64(49)47-27-22-39(58(7,8)9)33-44(47)61(51,15)30-29-60(43,13)14/h16-28,31-35H,29-30H2,1-15H3. The first-order valence-electron chi connectivity index (χ1n) is 24.3. The van der Waals surface area contributed by atoms with Crippen LogP contribution in [0.25, 0.3) is 22.1 Å². The van der Waals surface area contributed by atoms with Crippen molar-refractivity contribution in [2.24, 2.45) is 0 Å². The van der Waals surface area contributed by atoms with Crippen molar-refractivity contribution < 1.29 is 4.42 Å². The number of anilines is 6. The maximum atomic E-state index is 7.49. The molecule has 0 radical (unpaired) electrons. The van der Waals surface area contributed by atoms with Gasteiger partial charge in [0.05, 0.1) is 22.7 Å². The summed E-state index contributed by atoms with van der Waals surface area (Å²) in [5.74, 6) is 0. The van der Waals surface area contributed by atoms with Crippen LogP contribution < -0.4 is 26.4 Å². The Morgan fingerprint density at radius 1 is 0.508 bits per heavy atom. The minimum atomic E-state index is -0.149. The van der Waals surface area contributed by atoms with Crippen LogP contribution in [0.3, 0.4) is 0 Å². The highest BCUT2D eigenvalue weighted by atomic mass is 16.3. The second kappa shape index (κ2) is 13.3. The molecule has 6 aromatic carbocycles. The van der Waals surface area contributed by atoms with Crippen molar-refractivity contribution in [2.45, 2.75) is 149 Å². The normalized spacial score (nSPS) is 18.4. The van der Waals surface area contributed by atoms with Crippen LogP contribution in [0.1, 0.15) is 156 Å². The van der Waals surface area contributed by atoms with Gasteiger partial charge in [-0.2, -0.15) is 0 Å². The molecule has 0 saturated carbocycles. The third-order valence-electron chi connectivity index (χ3n) is 16.0. The van der Waals surface area contributed by atoms with Gasteiger partial charge in [0.2, 0.25) is 0 Å². The fourth-order valence-corrected chi connectivity index (χ4v) is 11.9. The topological polar surface area (TPSA) is 19.6 Å². The number of fused-ring (bicyclic) bond motifs is 9. The average molecular weight is 855 g/mol. The van der Waals surface area contributed by atoms with Gasteiger partial charge in [0.25, 0.3) is 6.71 Å². The minimum Gasteiger partial charge on any atom is -0.468 e. The molecule has 1 aromatic heterocycles. The van der Waals surface area contributed by atoms with Gasteiger partial charge in [0, 0.05) is 33.4 Å². The maximum absolute atomic E-state index is 7.49. The lowest BCUT2D eigenvalue weighted by atomic mass is 9.34. The fourth-order valence-electron chi connectivity index (χ4n) is 11.9. The number of furan rings is 1. The van der Waals surface area contributed by atoms with Gasteiger partial charge in [-0.05, 0) is 138 Å². The second-order valence-electron chi connectivity index (χ2n) is 25.0. The molecule has 0 fully saturated rings. The summed E-state index contributed by atoms with van der Waals surface area (Å²) in [5, 5.41) is 1.17. The van der Waals surface area contributed by atoms with E-state index in [1.54, 1.807) is 0 Å². The van der Waals surface area contributed by atoms with Crippen LogP contribution in [-0.4, -0.2) is 6.71 Å². The van der Waals surface area contributed by atoms with Crippen LogP contribution >= 0.6 is 0 Å². The summed E-state index contributed by atoms with van der Waals surface area (Å²) in [5.41, 5.74) is 24.1. The zero-order valence-electron chi connectivity index (χ0n) is 41.7. The van der Waals surface area contributed by atoms with Crippen molar-refractivity contribution in [2.75, 3.05) is 9.80 Å². The van der Waals surface area contributed by atoms with Gasteiger partial charge in [0.15, 0.2) is 0 Å². The SMILES string of the molecule is CC(C)(C)c1ccc(N2c3cc(C(C)(C)C)cc4c3B(c3ccc5c6c3N4c3ccc(C(C)(C)C)cc3C6(C)CCC5(C)C)c3oc4ccc(C(C)(C)C)cc4c32)c(-c2ccccc2)c1. The summed E-state index contributed by atoms with van der Waals surface area (Å²) < 4.78 is 7.49. The largest absolute Gasteiger partial charge is 0.468 e. The minimum absolute atomic E-state index is 0.0205. The molecule has 1 atom stereocenters. The van der Waals surface area contributed by atoms with Crippen molar-refractivity contribution in [3.63, 3.8) is 0 Å². The smallest absolute Gasteiger partial charge is 0.297 e. The van der Waals surface area contributed by atoms with Crippen molar-refractivity contribution >= 4 is 68.4 Å². The van der Waals surface area contributed by atoms with E-state index in [2.05, 4.69) is 223 Å². The Hall–Kier alpha value is -5.48. The van der Waals surface area contributed by atoms with Crippen LogP contribution in [-0.2, 0) is 32.5 Å². The summed E-state index contributed by atoms with van der Waals surface area (Å²) in [7, 11) is 0. The van der Waals surface area contributed by atoms with Crippen LogP contribution in [0.4, 0.5) is 34.1 Å².